The minimum absolute atomic E-state index is 0.0515. The lowest BCUT2D eigenvalue weighted by Gasteiger charge is -2.14. The third kappa shape index (κ3) is 5.66. The number of benzene rings is 1. The first-order valence-corrected chi connectivity index (χ1v) is 8.26. The number of anilines is 1. The van der Waals surface area contributed by atoms with Crippen LogP contribution in [0.4, 0.5) is 5.69 Å². The monoisotopic (exact) mass is 326 g/mol. The van der Waals surface area contributed by atoms with Crippen molar-refractivity contribution >= 4 is 11.6 Å². The van der Waals surface area contributed by atoms with Gasteiger partial charge in [-0.2, -0.15) is 0 Å². The van der Waals surface area contributed by atoms with Crippen molar-refractivity contribution in [3.8, 4) is 0 Å². The van der Waals surface area contributed by atoms with Gasteiger partial charge in [0.15, 0.2) is 0 Å². The van der Waals surface area contributed by atoms with Gasteiger partial charge >= 0.3 is 0 Å². The molecule has 0 radical (unpaired) electrons. The molecule has 1 amide bonds. The van der Waals surface area contributed by atoms with Crippen LogP contribution < -0.4 is 10.6 Å². The number of nitrogens with one attached hydrogen (secondary N) is 2. The van der Waals surface area contributed by atoms with E-state index in [9.17, 15) is 4.79 Å². The topological polar surface area (TPSA) is 57.3 Å². The van der Waals surface area contributed by atoms with Gasteiger partial charge in [0.25, 0.3) is 5.91 Å². The van der Waals surface area contributed by atoms with Crippen LogP contribution in [-0.2, 0) is 0 Å². The molecule has 1 heterocycles. The average molecular weight is 326 g/mol. The summed E-state index contributed by atoms with van der Waals surface area (Å²) < 4.78 is 0. The van der Waals surface area contributed by atoms with E-state index in [0.29, 0.717) is 5.69 Å². The van der Waals surface area contributed by atoms with Crippen LogP contribution >= 0.6 is 0 Å². The Hall–Kier alpha value is -2.40. The first-order chi connectivity index (χ1) is 11.6. The molecule has 128 valence electrons. The molecule has 0 saturated carbocycles. The predicted octanol–water partition coefficient (Wildman–Crippen LogP) is 2.94. The number of aromatic nitrogens is 1. The smallest absolute Gasteiger partial charge is 0.270 e. The van der Waals surface area contributed by atoms with Crippen LogP contribution in [0, 0.1) is 0 Å². The first-order valence-electron chi connectivity index (χ1n) is 8.26. The summed E-state index contributed by atoms with van der Waals surface area (Å²) in [6.07, 6.45) is 2.77. The van der Waals surface area contributed by atoms with Crippen molar-refractivity contribution in [2.75, 3.05) is 32.5 Å². The van der Waals surface area contributed by atoms with E-state index in [1.165, 1.54) is 0 Å². The number of nitrogens with zero attached hydrogens (tertiary/aromatic N) is 2. The second kappa shape index (κ2) is 9.03. The van der Waals surface area contributed by atoms with Crippen molar-refractivity contribution < 1.29 is 4.79 Å². The molecule has 0 fully saturated rings. The van der Waals surface area contributed by atoms with Crippen LogP contribution in [0.1, 0.15) is 35.4 Å². The molecule has 0 aliphatic heterocycles. The van der Waals surface area contributed by atoms with Crippen LogP contribution in [0.2, 0.25) is 0 Å². The van der Waals surface area contributed by atoms with E-state index in [1.54, 1.807) is 12.3 Å². The van der Waals surface area contributed by atoms with E-state index in [2.05, 4.69) is 34.6 Å². The predicted molar refractivity (Wildman–Crippen MR) is 98.2 cm³/mol. The average Bonchev–Trinajstić information content (AvgIpc) is 2.59. The molecule has 24 heavy (non-hydrogen) atoms. The van der Waals surface area contributed by atoms with E-state index < -0.39 is 0 Å². The van der Waals surface area contributed by atoms with E-state index in [1.807, 2.05) is 43.3 Å². The molecule has 1 unspecified atom stereocenters. The number of pyridine rings is 1. The van der Waals surface area contributed by atoms with Crippen molar-refractivity contribution in [2.24, 2.45) is 0 Å². The zero-order chi connectivity index (χ0) is 17.4. The SMILES string of the molecule is CC(NC(=O)c1ccc(NCCCN(C)C)cn1)c1ccccc1. The van der Waals surface area contributed by atoms with Gasteiger partial charge in [-0.25, -0.2) is 4.98 Å². The summed E-state index contributed by atoms with van der Waals surface area (Å²) in [6, 6.07) is 13.5. The van der Waals surface area contributed by atoms with Crippen molar-refractivity contribution in [1.29, 1.82) is 0 Å². The minimum atomic E-state index is -0.162. The first kappa shape index (κ1) is 17.9. The summed E-state index contributed by atoms with van der Waals surface area (Å²) in [5.74, 6) is -0.162. The molecule has 2 N–H and O–H groups in total. The van der Waals surface area contributed by atoms with Crippen LogP contribution in [0.3, 0.4) is 0 Å². The molecule has 1 aromatic heterocycles. The highest BCUT2D eigenvalue weighted by Gasteiger charge is 2.12. The van der Waals surface area contributed by atoms with Gasteiger partial charge in [0.2, 0.25) is 0 Å². The number of amides is 1. The Morgan fingerprint density at radius 2 is 1.92 bits per heavy atom. The van der Waals surface area contributed by atoms with Crippen molar-refractivity contribution in [1.82, 2.24) is 15.2 Å². The molecule has 5 nitrogen and oxygen atoms in total. The highest BCUT2D eigenvalue weighted by atomic mass is 16.1. The molecule has 5 heteroatoms. The Kier molecular flexibility index (Phi) is 6.75. The number of rotatable bonds is 8. The molecule has 0 spiro atoms. The largest absolute Gasteiger partial charge is 0.384 e. The fraction of sp³-hybridized carbons (Fsp3) is 0.368. The third-order valence-electron chi connectivity index (χ3n) is 3.75. The molecule has 2 aromatic rings. The van der Waals surface area contributed by atoms with Crippen LogP contribution in [0.25, 0.3) is 0 Å². The second-order valence-corrected chi connectivity index (χ2v) is 6.12. The summed E-state index contributed by atoms with van der Waals surface area (Å²) in [4.78, 5) is 18.7. The maximum atomic E-state index is 12.3. The highest BCUT2D eigenvalue weighted by molar-refractivity contribution is 5.92. The summed E-state index contributed by atoms with van der Waals surface area (Å²) in [5, 5.41) is 6.28. The molecule has 0 aliphatic carbocycles. The van der Waals surface area contributed by atoms with Crippen LogP contribution in [0.5, 0.6) is 0 Å². The molecule has 2 rings (SSSR count). The summed E-state index contributed by atoms with van der Waals surface area (Å²) >= 11 is 0. The van der Waals surface area contributed by atoms with Gasteiger partial charge in [-0.05, 0) is 51.7 Å². The Labute approximate surface area is 144 Å². The van der Waals surface area contributed by atoms with Gasteiger partial charge in [-0.3, -0.25) is 4.79 Å². The van der Waals surface area contributed by atoms with E-state index in [4.69, 9.17) is 0 Å². The van der Waals surface area contributed by atoms with Gasteiger partial charge in [-0.1, -0.05) is 30.3 Å². The van der Waals surface area contributed by atoms with Crippen molar-refractivity contribution in [3.05, 3.63) is 59.9 Å². The molecule has 0 aliphatic rings. The lowest BCUT2D eigenvalue weighted by atomic mass is 10.1. The lowest BCUT2D eigenvalue weighted by molar-refractivity contribution is 0.0935. The maximum absolute atomic E-state index is 12.3. The number of hydrogen-bond donors (Lipinski definition) is 2. The molecule has 1 atom stereocenters. The quantitative estimate of drug-likeness (QED) is 0.732. The van der Waals surface area contributed by atoms with Crippen LogP contribution in [0.15, 0.2) is 48.7 Å². The Morgan fingerprint density at radius 3 is 2.54 bits per heavy atom. The highest BCUT2D eigenvalue weighted by Crippen LogP contribution is 2.12. The standard InChI is InChI=1S/C19H26N4O/c1-15(16-8-5-4-6-9-16)22-19(24)18-11-10-17(14-21-18)20-12-7-13-23(2)3/h4-6,8-11,14-15,20H,7,12-13H2,1-3H3,(H,22,24). The van der Waals surface area contributed by atoms with Gasteiger partial charge < -0.3 is 15.5 Å². The fourth-order valence-corrected chi connectivity index (χ4v) is 2.36. The molecule has 1 aromatic carbocycles. The van der Waals surface area contributed by atoms with Crippen molar-refractivity contribution in [3.63, 3.8) is 0 Å². The van der Waals surface area contributed by atoms with Gasteiger partial charge in [0.1, 0.15) is 5.69 Å². The number of carbonyl (C=O) groups excluding carboxylic acids is 1. The Morgan fingerprint density at radius 1 is 1.17 bits per heavy atom. The Balaban J connectivity index is 1.84. The van der Waals surface area contributed by atoms with E-state index in [0.717, 1.165) is 30.8 Å². The number of hydrogen-bond acceptors (Lipinski definition) is 4. The molecule has 0 bridgehead atoms. The molecule has 0 saturated heterocycles. The van der Waals surface area contributed by atoms with Gasteiger partial charge in [0, 0.05) is 6.54 Å². The zero-order valence-corrected chi connectivity index (χ0v) is 14.6. The maximum Gasteiger partial charge on any atom is 0.270 e. The van der Waals surface area contributed by atoms with Crippen molar-refractivity contribution in [2.45, 2.75) is 19.4 Å². The molecular weight excluding hydrogens is 300 g/mol. The van der Waals surface area contributed by atoms with Gasteiger partial charge in [-0.15, -0.1) is 0 Å². The fourth-order valence-electron chi connectivity index (χ4n) is 2.36. The minimum Gasteiger partial charge on any atom is -0.384 e. The van der Waals surface area contributed by atoms with E-state index >= 15 is 0 Å². The Bertz CT molecular complexity index is 626. The van der Waals surface area contributed by atoms with Crippen LogP contribution in [-0.4, -0.2) is 43.0 Å². The summed E-state index contributed by atoms with van der Waals surface area (Å²) in [6.45, 7) is 3.89. The molecular formula is C19H26N4O. The van der Waals surface area contributed by atoms with Gasteiger partial charge in [0.05, 0.1) is 17.9 Å². The summed E-state index contributed by atoms with van der Waals surface area (Å²) in [7, 11) is 4.12. The lowest BCUT2D eigenvalue weighted by Crippen LogP contribution is -2.27. The van der Waals surface area contributed by atoms with E-state index in [-0.39, 0.29) is 11.9 Å². The zero-order valence-electron chi connectivity index (χ0n) is 14.6. The summed E-state index contributed by atoms with van der Waals surface area (Å²) in [5.41, 5.74) is 2.43. The second-order valence-electron chi connectivity index (χ2n) is 6.12. The number of carbonyl (C=O) groups is 1. The normalized spacial score (nSPS) is 12.0. The third-order valence-corrected chi connectivity index (χ3v) is 3.75.